The molecule has 108 heavy (non-hydrogen) atoms. The topological polar surface area (TPSA) is 490 Å². The van der Waals surface area contributed by atoms with Crippen LogP contribution >= 0.6 is 24.4 Å². The first kappa shape index (κ1) is 99.4. The van der Waals surface area contributed by atoms with Crippen molar-refractivity contribution in [2.75, 3.05) is 220 Å². The van der Waals surface area contributed by atoms with Crippen LogP contribution < -0.4 is 25.4 Å². The Balaban J connectivity index is 0.0000132. The fraction of sp³-hybridized carbons (Fsp3) is 0.545. The van der Waals surface area contributed by atoms with Crippen LogP contribution in [0.15, 0.2) is 60.7 Å². The monoisotopic (exact) mass is 1990 g/mol. The summed E-state index contributed by atoms with van der Waals surface area (Å²) in [7, 11) is 0. The summed E-state index contributed by atoms with van der Waals surface area (Å²) in [4.78, 5) is 131. The number of ether oxygens (including phenoxy) is 6. The number of benzene rings is 3. The number of carbonyl (C=O) groups is 10. The van der Waals surface area contributed by atoms with Crippen LogP contribution in [-0.4, -0.2) is 376 Å². The number of nitrogens with zero attached hydrogens (tertiary/aromatic N) is 8. The second-order valence-corrected chi connectivity index (χ2v) is 25.4. The van der Waals surface area contributed by atoms with Gasteiger partial charge in [0.25, 0.3) is 0 Å². The molecule has 42 heteroatoms. The normalized spacial score (nSPS) is 15.8. The number of hydrogen-bond acceptors (Lipinski definition) is 26. The molecule has 3 radical (unpaired) electrons. The Morgan fingerprint density at radius 1 is 0.389 bits per heavy atom. The summed E-state index contributed by atoms with van der Waals surface area (Å²) in [5, 5.41) is 107. The van der Waals surface area contributed by atoms with Crippen molar-refractivity contribution in [2.45, 2.75) is 31.3 Å². The second-order valence-electron chi connectivity index (χ2n) is 24.5. The number of thiocarbonyl (C=S) groups is 2. The predicted octanol–water partition coefficient (Wildman–Crippen LogP) is -0.630. The Kier molecular flexibility index (Phi) is 50.5. The molecule has 0 amide bonds. The first-order valence-electron chi connectivity index (χ1n) is 33.3. The van der Waals surface area contributed by atoms with Gasteiger partial charge < -0.3 is 95.4 Å². The van der Waals surface area contributed by atoms with Crippen molar-refractivity contribution in [1.82, 2.24) is 39.2 Å². The van der Waals surface area contributed by atoms with E-state index < -0.39 is 137 Å². The minimum absolute atomic E-state index is 0. The average molecular weight is 1990 g/mol. The zero-order valence-electron chi connectivity index (χ0n) is 59.0. The van der Waals surface area contributed by atoms with Crippen molar-refractivity contribution < 1.29 is 257 Å². The Labute approximate surface area is 738 Å². The molecule has 1 fully saturated rings. The molecule has 1 saturated heterocycles. The van der Waals surface area contributed by atoms with E-state index in [2.05, 4.69) is 20.9 Å². The van der Waals surface area contributed by atoms with Crippen molar-refractivity contribution in [3.05, 3.63) is 77.4 Å². The maximum absolute atomic E-state index is 12.2. The first-order valence-corrected chi connectivity index (χ1v) is 34.2. The molecule has 595 valence electrons. The molecule has 4 unspecified atom stereocenters. The van der Waals surface area contributed by atoms with Gasteiger partial charge in [0.2, 0.25) is 0 Å². The maximum Gasteiger partial charge on any atom is 3.00 e. The Hall–Kier alpha value is -4.71. The number of carboxylic acid groups (broad SMARTS) is 10. The van der Waals surface area contributed by atoms with Gasteiger partial charge in [-0.15, -0.1) is 0 Å². The molecule has 2 aliphatic heterocycles. The molecule has 0 spiro atoms. The number of anilines is 3. The smallest absolute Gasteiger partial charge is 0.488 e. The summed E-state index contributed by atoms with van der Waals surface area (Å²) in [5.74, 6) is -12.8. The molecule has 0 saturated carbocycles. The van der Waals surface area contributed by atoms with E-state index in [1.54, 1.807) is 60.7 Å². The van der Waals surface area contributed by atoms with Gasteiger partial charge in [-0.2, -0.15) is 0 Å². The molecular formula is C66H93EuGd2N11O26S2+8. The van der Waals surface area contributed by atoms with Gasteiger partial charge >= 0.3 is 189 Å². The molecule has 37 nitrogen and oxygen atoms in total. The van der Waals surface area contributed by atoms with Gasteiger partial charge in [-0.05, 0) is 53.9 Å². The zero-order chi connectivity index (χ0) is 76.8. The number of fused-ring (bicyclic) bond motifs is 9. The van der Waals surface area contributed by atoms with E-state index in [0.717, 1.165) is 19.6 Å². The second kappa shape index (κ2) is 54.9. The Bertz CT molecular complexity index is 3110. The summed E-state index contributed by atoms with van der Waals surface area (Å²) in [6, 6.07) is 15.0. The number of hydrogen-bond donors (Lipinski definition) is 13. The molecule has 0 aliphatic carbocycles. The van der Waals surface area contributed by atoms with Gasteiger partial charge in [-0.25, -0.2) is 0 Å². The summed E-state index contributed by atoms with van der Waals surface area (Å²) in [5.41, 5.74) is 2.93. The van der Waals surface area contributed by atoms with Crippen LogP contribution in [0.25, 0.3) is 0 Å². The van der Waals surface area contributed by atoms with Gasteiger partial charge in [-0.3, -0.25) is 87.1 Å². The quantitative estimate of drug-likeness (QED) is 0.0248. The van der Waals surface area contributed by atoms with E-state index in [-0.39, 0.29) is 218 Å². The van der Waals surface area contributed by atoms with Gasteiger partial charge in [0.05, 0.1) is 135 Å². The predicted molar refractivity (Wildman–Crippen MR) is 382 cm³/mol. The standard InChI is InChI=1S/C66H93N11O26S2.Eu.2Gd/c78-56(79)34-72(9-11-74(36-58(82)83)37-59(84)85)32-49(76(40-62(90)91)41-63(92)93)27-45-1-3-47(4-2-45)29-55(104)68-51-30-53-54(102-21-16-70-13-18-98-23-24-100-20-15-71(17-22-103-53)44-101-26-25-99-19-14-70)31-52(51)69-66(105)67-48-7-5-46(6-8-48)28-50(77(42-64(94)95)43-65(96)97)33-73(35-57(80)81)10-12-75(38-60(86)87)39-61(88)89;;;/h1-8,30-31,49-50H,9-29,32-44H2,(H,68,104)(H,78,79)(H,80,81)(H,82,83)(H,84,85)(H,86,87)(H,88,89)(H,90,91)(H,92,93)(H,94,95)(H,96,97)(H2,67,69,105);;;/q;+2;2*+3. The number of nitrogens with one attached hydrogen (secondary N) is 3. The van der Waals surface area contributed by atoms with Crippen LogP contribution in [-0.2, 0) is 86.2 Å². The molecule has 0 aromatic heterocycles. The van der Waals surface area contributed by atoms with Crippen LogP contribution in [0.2, 0.25) is 0 Å². The third-order valence-corrected chi connectivity index (χ3v) is 16.5. The van der Waals surface area contributed by atoms with Crippen LogP contribution in [0, 0.1) is 129 Å². The van der Waals surface area contributed by atoms with E-state index in [1.165, 1.54) is 9.80 Å². The molecule has 3 aromatic rings. The van der Waals surface area contributed by atoms with Gasteiger partial charge in [0.15, 0.2) is 16.6 Å². The molecule has 5 rings (SSSR count). The summed E-state index contributed by atoms with van der Waals surface area (Å²) in [6.45, 7) is -2.58. The Morgan fingerprint density at radius 2 is 0.704 bits per heavy atom. The fourth-order valence-corrected chi connectivity index (χ4v) is 11.8. The van der Waals surface area contributed by atoms with Crippen molar-refractivity contribution in [3.8, 4) is 11.5 Å². The van der Waals surface area contributed by atoms with Crippen LogP contribution in [0.3, 0.4) is 0 Å². The van der Waals surface area contributed by atoms with Gasteiger partial charge in [0, 0.05) is 108 Å². The molecule has 13 N–H and O–H groups in total. The van der Waals surface area contributed by atoms with Gasteiger partial charge in [-0.1, -0.05) is 48.6 Å². The molecule has 2 aliphatic rings. The first-order chi connectivity index (χ1) is 50.0. The third kappa shape index (κ3) is 42.8. The van der Waals surface area contributed by atoms with Crippen LogP contribution in [0.1, 0.15) is 16.7 Å². The summed E-state index contributed by atoms with van der Waals surface area (Å²) < 4.78 is 36.8. The fourth-order valence-electron chi connectivity index (χ4n) is 11.3. The largest absolute Gasteiger partial charge is 3.00 e. The van der Waals surface area contributed by atoms with Crippen molar-refractivity contribution in [1.29, 1.82) is 0 Å². The molecule has 3 aromatic carbocycles. The molecule has 2 heterocycles. The van der Waals surface area contributed by atoms with Crippen molar-refractivity contribution >= 4 is 111 Å². The van der Waals surface area contributed by atoms with Crippen LogP contribution in [0.4, 0.5) is 17.1 Å². The SMILES string of the molecule is O=C(O)CN(CCN(CC(=O)O)CC(Cc1ccc(CC(=S)Nc2cc3c(cc2NC(=S)Nc2ccc(CC(CN(CCN(CC(=O)O)CC(=O)O)CC(=O)O)N(CC(=O)O)CC(=O)O)cc2)OCCN2CCOCCOCCN(CCO3)COCCOCC2)cc1)N(CC(=O)O)CC(=O)O)CC(=O)O.[Eu+2].[Gd+3].[Gd+3]. The van der Waals surface area contributed by atoms with E-state index in [1.807, 2.05) is 4.90 Å². The molecule has 4 atom stereocenters. The zero-order valence-corrected chi connectivity index (χ0v) is 67.5. The average Bonchev–Trinajstić information content (AvgIpc) is 0.824. The summed E-state index contributed by atoms with van der Waals surface area (Å²) >= 11 is 12.0. The Morgan fingerprint density at radius 3 is 1.09 bits per heavy atom. The molecule has 2 bridgehead atoms. The van der Waals surface area contributed by atoms with Crippen molar-refractivity contribution in [2.24, 2.45) is 0 Å². The number of carboxylic acids is 10. The minimum atomic E-state index is -1.37. The van der Waals surface area contributed by atoms with E-state index in [4.69, 9.17) is 52.9 Å². The molecular weight excluding hydrogens is 1890 g/mol. The van der Waals surface area contributed by atoms with Crippen molar-refractivity contribution in [3.63, 3.8) is 0 Å². The van der Waals surface area contributed by atoms with E-state index in [0.29, 0.717) is 124 Å². The summed E-state index contributed by atoms with van der Waals surface area (Å²) in [6.07, 6.45) is 0.0800. The van der Waals surface area contributed by atoms with E-state index in [9.17, 15) is 99.0 Å². The maximum atomic E-state index is 12.2. The van der Waals surface area contributed by atoms with Crippen LogP contribution in [0.5, 0.6) is 11.5 Å². The van der Waals surface area contributed by atoms with Gasteiger partial charge in [0.1, 0.15) is 13.2 Å². The minimum Gasteiger partial charge on any atom is -0.488 e. The number of rotatable bonds is 41. The number of aliphatic carboxylic acids is 10. The third-order valence-electron chi connectivity index (χ3n) is 16.1. The van der Waals surface area contributed by atoms with E-state index >= 15 is 0 Å².